The van der Waals surface area contributed by atoms with E-state index in [1.165, 1.54) is 57.5 Å². The number of benzene rings is 1. The van der Waals surface area contributed by atoms with Crippen LogP contribution in [0.1, 0.15) is 51.0 Å². The largest absolute Gasteiger partial charge is 0.493 e. The second-order valence-electron chi connectivity index (χ2n) is 7.10. The molecule has 0 aliphatic carbocycles. The highest BCUT2D eigenvalue weighted by Crippen LogP contribution is 2.25. The molecule has 0 unspecified atom stereocenters. The summed E-state index contributed by atoms with van der Waals surface area (Å²) in [5.41, 5.74) is 1.32. The van der Waals surface area contributed by atoms with E-state index in [0.717, 1.165) is 18.8 Å². The molecule has 1 aromatic rings. The molecule has 0 bridgehead atoms. The van der Waals surface area contributed by atoms with Crippen molar-refractivity contribution in [2.24, 2.45) is 0 Å². The first-order valence-electron chi connectivity index (χ1n) is 9.29. The van der Waals surface area contributed by atoms with Crippen LogP contribution < -0.4 is 4.74 Å². The fourth-order valence-corrected chi connectivity index (χ4v) is 3.13. The van der Waals surface area contributed by atoms with E-state index in [4.69, 9.17) is 4.74 Å². The lowest BCUT2D eigenvalue weighted by molar-refractivity contribution is 0.151. The van der Waals surface area contributed by atoms with Crippen molar-refractivity contribution in [1.82, 2.24) is 9.80 Å². The molecule has 130 valence electrons. The molecule has 23 heavy (non-hydrogen) atoms. The van der Waals surface area contributed by atoms with Crippen LogP contribution in [0.5, 0.6) is 5.75 Å². The highest BCUT2D eigenvalue weighted by Gasteiger charge is 2.12. The lowest BCUT2D eigenvalue weighted by Crippen LogP contribution is -2.44. The first-order valence-corrected chi connectivity index (χ1v) is 9.29. The summed E-state index contributed by atoms with van der Waals surface area (Å²) in [6.45, 7) is 11.5. The van der Waals surface area contributed by atoms with Gasteiger partial charge in [0.15, 0.2) is 0 Å². The van der Waals surface area contributed by atoms with Crippen molar-refractivity contribution in [3.63, 3.8) is 0 Å². The van der Waals surface area contributed by atoms with Gasteiger partial charge in [-0.3, -0.25) is 0 Å². The first-order chi connectivity index (χ1) is 11.2. The van der Waals surface area contributed by atoms with Gasteiger partial charge >= 0.3 is 0 Å². The van der Waals surface area contributed by atoms with Crippen LogP contribution in [0.4, 0.5) is 0 Å². The Balaban J connectivity index is 1.53. The number of piperazine rings is 1. The van der Waals surface area contributed by atoms with Crippen LogP contribution in [0.15, 0.2) is 24.3 Å². The molecule has 1 aliphatic heterocycles. The van der Waals surface area contributed by atoms with Crippen molar-refractivity contribution in [3.8, 4) is 5.75 Å². The molecule has 0 atom stereocenters. The molecule has 1 fully saturated rings. The SMILES string of the molecule is CC(C)c1ccccc1OCCCCCCN1CCN(C)CC1. The summed E-state index contributed by atoms with van der Waals surface area (Å²) in [7, 11) is 2.22. The Morgan fingerprint density at radius 1 is 0.957 bits per heavy atom. The third-order valence-corrected chi connectivity index (χ3v) is 4.76. The minimum atomic E-state index is 0.523. The molecule has 1 aromatic carbocycles. The van der Waals surface area contributed by atoms with E-state index >= 15 is 0 Å². The van der Waals surface area contributed by atoms with Gasteiger partial charge in [0.1, 0.15) is 5.75 Å². The number of likely N-dealkylation sites (N-methyl/N-ethyl adjacent to an activating group) is 1. The standard InChI is InChI=1S/C20H34N2O/c1-18(2)19-10-6-7-11-20(19)23-17-9-5-4-8-12-22-15-13-21(3)14-16-22/h6-7,10-11,18H,4-5,8-9,12-17H2,1-3H3. The number of hydrogen-bond acceptors (Lipinski definition) is 3. The zero-order valence-corrected chi connectivity index (χ0v) is 15.3. The summed E-state index contributed by atoms with van der Waals surface area (Å²) in [5.74, 6) is 1.59. The van der Waals surface area contributed by atoms with Gasteiger partial charge in [-0.05, 0) is 44.0 Å². The third-order valence-electron chi connectivity index (χ3n) is 4.76. The van der Waals surface area contributed by atoms with E-state index in [1.807, 2.05) is 0 Å². The van der Waals surface area contributed by atoms with Gasteiger partial charge in [0.2, 0.25) is 0 Å². The van der Waals surface area contributed by atoms with Gasteiger partial charge < -0.3 is 14.5 Å². The van der Waals surface area contributed by atoms with Crippen molar-refractivity contribution in [3.05, 3.63) is 29.8 Å². The molecule has 1 saturated heterocycles. The maximum atomic E-state index is 5.99. The van der Waals surface area contributed by atoms with Gasteiger partial charge in [-0.1, -0.05) is 44.9 Å². The second-order valence-corrected chi connectivity index (χ2v) is 7.10. The monoisotopic (exact) mass is 318 g/mol. The van der Waals surface area contributed by atoms with Crippen LogP contribution >= 0.6 is 0 Å². The molecule has 0 radical (unpaired) electrons. The van der Waals surface area contributed by atoms with Crippen LogP contribution in [-0.2, 0) is 0 Å². The molecule has 0 aromatic heterocycles. The van der Waals surface area contributed by atoms with E-state index in [2.05, 4.69) is 55.0 Å². The van der Waals surface area contributed by atoms with Crippen LogP contribution in [0.2, 0.25) is 0 Å². The molecular weight excluding hydrogens is 284 g/mol. The Morgan fingerprint density at radius 2 is 1.65 bits per heavy atom. The third kappa shape index (κ3) is 6.52. The maximum absolute atomic E-state index is 5.99. The quantitative estimate of drug-likeness (QED) is 0.640. The maximum Gasteiger partial charge on any atom is 0.122 e. The van der Waals surface area contributed by atoms with Crippen LogP contribution in [0.25, 0.3) is 0 Å². The first kappa shape index (κ1) is 18.3. The number of para-hydroxylation sites is 1. The van der Waals surface area contributed by atoms with Gasteiger partial charge in [-0.2, -0.15) is 0 Å². The van der Waals surface area contributed by atoms with Crippen molar-refractivity contribution in [2.75, 3.05) is 46.4 Å². The summed E-state index contributed by atoms with van der Waals surface area (Å²) < 4.78 is 5.99. The molecular formula is C20H34N2O. The summed E-state index contributed by atoms with van der Waals surface area (Å²) >= 11 is 0. The van der Waals surface area contributed by atoms with Gasteiger partial charge in [-0.25, -0.2) is 0 Å². The molecule has 0 spiro atoms. The summed E-state index contributed by atoms with van der Waals surface area (Å²) in [4.78, 5) is 5.03. The van der Waals surface area contributed by atoms with Gasteiger partial charge in [0, 0.05) is 26.2 Å². The van der Waals surface area contributed by atoms with Crippen LogP contribution in [0.3, 0.4) is 0 Å². The average Bonchev–Trinajstić information content (AvgIpc) is 2.56. The Kier molecular flexibility index (Phi) is 7.90. The predicted octanol–water partition coefficient (Wildman–Crippen LogP) is 4.00. The number of nitrogens with zero attached hydrogens (tertiary/aromatic N) is 2. The molecule has 0 amide bonds. The Morgan fingerprint density at radius 3 is 2.39 bits per heavy atom. The fourth-order valence-electron chi connectivity index (χ4n) is 3.13. The minimum absolute atomic E-state index is 0.523. The average molecular weight is 319 g/mol. The number of unbranched alkanes of at least 4 members (excludes halogenated alkanes) is 3. The van der Waals surface area contributed by atoms with Crippen molar-refractivity contribution >= 4 is 0 Å². The summed E-state index contributed by atoms with van der Waals surface area (Å²) in [5, 5.41) is 0. The Hall–Kier alpha value is -1.06. The number of ether oxygens (including phenoxy) is 1. The molecule has 2 rings (SSSR count). The van der Waals surface area contributed by atoms with E-state index in [1.54, 1.807) is 0 Å². The molecule has 0 saturated carbocycles. The molecule has 0 N–H and O–H groups in total. The number of rotatable bonds is 9. The predicted molar refractivity (Wildman–Crippen MR) is 98.4 cm³/mol. The van der Waals surface area contributed by atoms with E-state index in [-0.39, 0.29) is 0 Å². The molecule has 3 heteroatoms. The Labute approximate surface area is 142 Å². The lowest BCUT2D eigenvalue weighted by atomic mass is 10.0. The minimum Gasteiger partial charge on any atom is -0.493 e. The Bertz CT molecular complexity index is 439. The lowest BCUT2D eigenvalue weighted by Gasteiger charge is -2.32. The summed E-state index contributed by atoms with van der Waals surface area (Å²) in [6.07, 6.45) is 5.08. The van der Waals surface area contributed by atoms with E-state index in [0.29, 0.717) is 5.92 Å². The van der Waals surface area contributed by atoms with Crippen LogP contribution in [-0.4, -0.2) is 56.2 Å². The number of hydrogen-bond donors (Lipinski definition) is 0. The van der Waals surface area contributed by atoms with Crippen molar-refractivity contribution < 1.29 is 4.74 Å². The smallest absolute Gasteiger partial charge is 0.122 e. The topological polar surface area (TPSA) is 15.7 Å². The normalized spacial score (nSPS) is 16.9. The molecule has 1 heterocycles. The van der Waals surface area contributed by atoms with Crippen LogP contribution in [0, 0.1) is 0 Å². The summed E-state index contributed by atoms with van der Waals surface area (Å²) in [6, 6.07) is 8.44. The molecule has 3 nitrogen and oxygen atoms in total. The second kappa shape index (κ2) is 9.94. The zero-order valence-electron chi connectivity index (χ0n) is 15.3. The fraction of sp³-hybridized carbons (Fsp3) is 0.700. The highest BCUT2D eigenvalue weighted by molar-refractivity contribution is 5.35. The van der Waals surface area contributed by atoms with Gasteiger partial charge in [0.05, 0.1) is 6.61 Å². The van der Waals surface area contributed by atoms with Crippen molar-refractivity contribution in [2.45, 2.75) is 45.4 Å². The van der Waals surface area contributed by atoms with Crippen molar-refractivity contribution in [1.29, 1.82) is 0 Å². The highest BCUT2D eigenvalue weighted by atomic mass is 16.5. The van der Waals surface area contributed by atoms with E-state index in [9.17, 15) is 0 Å². The molecule has 1 aliphatic rings. The van der Waals surface area contributed by atoms with Gasteiger partial charge in [-0.15, -0.1) is 0 Å². The van der Waals surface area contributed by atoms with E-state index < -0.39 is 0 Å². The van der Waals surface area contributed by atoms with Gasteiger partial charge in [0.25, 0.3) is 0 Å². The zero-order chi connectivity index (χ0) is 16.5.